The molecule has 2 unspecified atom stereocenters. The van der Waals surface area contributed by atoms with Crippen LogP contribution in [0.15, 0.2) is 96.1 Å². The summed E-state index contributed by atoms with van der Waals surface area (Å²) in [5.41, 5.74) is 18.5. The summed E-state index contributed by atoms with van der Waals surface area (Å²) >= 11 is -2.84. The van der Waals surface area contributed by atoms with Crippen LogP contribution in [0.5, 0.6) is 0 Å². The largest absolute Gasteiger partial charge is 1.00 e. The minimum Gasteiger partial charge on any atom is -1.00 e. The molecule has 3 aliphatic rings. The predicted octanol–water partition coefficient (Wildman–Crippen LogP) is 7.41. The van der Waals surface area contributed by atoms with Crippen LogP contribution in [0, 0.1) is 0 Å². The monoisotopic (exact) mass is 752 g/mol. The molecule has 7 rings (SSSR count). The topological polar surface area (TPSA) is 0 Å². The smallest absolute Gasteiger partial charge is 1.00 e. The molecule has 250 valence electrons. The van der Waals surface area contributed by atoms with E-state index in [2.05, 4.69) is 152 Å². The van der Waals surface area contributed by atoms with Crippen LogP contribution in [0.3, 0.4) is 0 Å². The first-order valence-electron chi connectivity index (χ1n) is 17.8. The Kier molecular flexibility index (Phi) is 10.7. The number of hydrogen-bond acceptors (Lipinski definition) is 0. The summed E-state index contributed by atoms with van der Waals surface area (Å²) in [6.07, 6.45) is 9.02. The van der Waals surface area contributed by atoms with Gasteiger partial charge in [0.25, 0.3) is 0 Å². The zero-order chi connectivity index (χ0) is 32.4. The summed E-state index contributed by atoms with van der Waals surface area (Å²) in [5.74, 6) is 0. The predicted molar refractivity (Wildman–Crippen MR) is 197 cm³/mol. The van der Waals surface area contributed by atoms with E-state index in [1.807, 2.05) is 0 Å². The van der Waals surface area contributed by atoms with Gasteiger partial charge in [0.1, 0.15) is 0 Å². The van der Waals surface area contributed by atoms with E-state index < -0.39 is 20.3 Å². The van der Waals surface area contributed by atoms with E-state index in [0.29, 0.717) is 7.25 Å². The minimum absolute atomic E-state index is 0. The molecule has 1 aliphatic heterocycles. The van der Waals surface area contributed by atoms with Crippen LogP contribution < -0.4 is 24.8 Å². The number of fused-ring (bicyclic) bond motifs is 2. The van der Waals surface area contributed by atoms with Crippen LogP contribution >= 0.6 is 0 Å². The molecule has 0 nitrogen and oxygen atoms in total. The van der Waals surface area contributed by atoms with Crippen molar-refractivity contribution in [1.29, 1.82) is 0 Å². The third-order valence-electron chi connectivity index (χ3n) is 11.7. The zero-order valence-corrected chi connectivity index (χ0v) is 34.2. The molecular weight excluding hydrogens is 703 g/mol. The van der Waals surface area contributed by atoms with Crippen LogP contribution in [0.1, 0.15) is 115 Å². The van der Waals surface area contributed by atoms with E-state index in [1.165, 1.54) is 59.2 Å². The van der Waals surface area contributed by atoms with Crippen LogP contribution in [-0.4, -0.2) is 0 Å². The molecule has 0 aromatic heterocycles. The molecule has 0 amide bonds. The number of hydrogen-bond donors (Lipinski definition) is 0. The molecule has 3 heteroatoms. The molecule has 4 aromatic rings. The van der Waals surface area contributed by atoms with E-state index in [1.54, 1.807) is 22.3 Å². The van der Waals surface area contributed by atoms with E-state index in [4.69, 9.17) is 0 Å². The first-order valence-corrected chi connectivity index (χ1v) is 24.2. The molecular formula is C45H52Cl2Zr. The van der Waals surface area contributed by atoms with Gasteiger partial charge < -0.3 is 24.8 Å². The number of rotatable bonds is 6. The maximum Gasteiger partial charge on any atom is -1.00 e. The molecule has 0 spiro atoms. The Morgan fingerprint density at radius 2 is 0.917 bits per heavy atom. The van der Waals surface area contributed by atoms with Crippen LogP contribution in [0.4, 0.5) is 0 Å². The Labute approximate surface area is 307 Å². The molecule has 2 aliphatic carbocycles. The molecule has 0 saturated carbocycles. The van der Waals surface area contributed by atoms with Crippen molar-refractivity contribution in [2.45, 2.75) is 101 Å². The Bertz CT molecular complexity index is 1710. The van der Waals surface area contributed by atoms with Gasteiger partial charge in [-0.15, -0.1) is 0 Å². The van der Waals surface area contributed by atoms with E-state index >= 15 is 0 Å². The molecule has 0 radical (unpaired) electrons. The van der Waals surface area contributed by atoms with Gasteiger partial charge in [-0.25, -0.2) is 0 Å². The Hall–Kier alpha value is -2.18. The first kappa shape index (κ1) is 37.1. The second-order valence-electron chi connectivity index (χ2n) is 16.4. The van der Waals surface area contributed by atoms with Gasteiger partial charge in [0.05, 0.1) is 0 Å². The summed E-state index contributed by atoms with van der Waals surface area (Å²) < 4.78 is 4.37. The van der Waals surface area contributed by atoms with Crippen molar-refractivity contribution in [2.24, 2.45) is 0 Å². The maximum atomic E-state index is 2.64. The third kappa shape index (κ3) is 6.20. The number of benzene rings is 4. The second-order valence-corrected chi connectivity index (χ2v) is 27.7. The molecule has 4 aromatic carbocycles. The van der Waals surface area contributed by atoms with Gasteiger partial charge in [-0.2, -0.15) is 0 Å². The molecule has 0 N–H and O–H groups in total. The third-order valence-corrected chi connectivity index (χ3v) is 27.0. The standard InChI is InChI=1S/2C21H23.C3H6.2ClH.Zr/c2*1-5-15-13-17-7-6-8-19(20(17)14-15)16-9-11-18(12-10-16)21(2,3)4;1-3-2;;;/h2*6-14H,5H2,1-4H3;1-3H2;2*1H;/q;;;;;+2/p-2. The van der Waals surface area contributed by atoms with Crippen molar-refractivity contribution in [1.82, 2.24) is 0 Å². The van der Waals surface area contributed by atoms with Gasteiger partial charge in [-0.05, 0) is 0 Å². The fraction of sp³-hybridized carbons (Fsp3) is 0.378. The summed E-state index contributed by atoms with van der Waals surface area (Å²) in [6, 6.07) is 33.4. The summed E-state index contributed by atoms with van der Waals surface area (Å²) in [7, 11) is 0. The van der Waals surface area contributed by atoms with Crippen LogP contribution in [0.25, 0.3) is 34.4 Å². The molecule has 1 fully saturated rings. The van der Waals surface area contributed by atoms with Crippen LogP contribution in [0.2, 0.25) is 8.26 Å². The second kappa shape index (κ2) is 13.9. The van der Waals surface area contributed by atoms with Crippen molar-refractivity contribution < 1.29 is 45.1 Å². The average molecular weight is 755 g/mol. The van der Waals surface area contributed by atoms with E-state index in [9.17, 15) is 0 Å². The zero-order valence-electron chi connectivity index (χ0n) is 30.2. The fourth-order valence-corrected chi connectivity index (χ4v) is 24.9. The Morgan fingerprint density at radius 1 is 0.542 bits per heavy atom. The first-order chi connectivity index (χ1) is 22.0. The molecule has 1 saturated heterocycles. The van der Waals surface area contributed by atoms with Gasteiger partial charge in [0.2, 0.25) is 0 Å². The van der Waals surface area contributed by atoms with Crippen molar-refractivity contribution in [2.75, 3.05) is 0 Å². The normalized spacial score (nSPS) is 18.6. The summed E-state index contributed by atoms with van der Waals surface area (Å²) in [5, 5.41) is 0. The van der Waals surface area contributed by atoms with Gasteiger partial charge in [-0.1, -0.05) is 0 Å². The van der Waals surface area contributed by atoms with Crippen molar-refractivity contribution in [3.8, 4) is 22.3 Å². The quantitative estimate of drug-likeness (QED) is 0.193. The van der Waals surface area contributed by atoms with E-state index in [0.717, 1.165) is 12.8 Å². The van der Waals surface area contributed by atoms with Crippen molar-refractivity contribution >= 4 is 12.2 Å². The average Bonchev–Trinajstić information content (AvgIpc) is 3.59. The van der Waals surface area contributed by atoms with Gasteiger partial charge in [-0.3, -0.25) is 0 Å². The van der Waals surface area contributed by atoms with Gasteiger partial charge in [0.15, 0.2) is 0 Å². The number of halogens is 2. The summed E-state index contributed by atoms with van der Waals surface area (Å²) in [4.78, 5) is 0. The van der Waals surface area contributed by atoms with E-state index in [-0.39, 0.29) is 35.6 Å². The van der Waals surface area contributed by atoms with Gasteiger partial charge >= 0.3 is 285 Å². The van der Waals surface area contributed by atoms with Crippen molar-refractivity contribution in [3.05, 3.63) is 129 Å². The SMILES string of the molecule is CCC1=Cc2c(-c3ccc(C(C)(C)C)cc3)cccc2[CH]1[Zr+2]1([CH]2C(CC)=Cc3c(-c4ccc(C(C)(C)C)cc4)cccc32)[CH2]C[CH2]1.[Cl-].[Cl-]. The van der Waals surface area contributed by atoms with Crippen LogP contribution in [-0.2, 0) is 31.1 Å². The maximum absolute atomic E-state index is 2.84. The Morgan fingerprint density at radius 3 is 1.21 bits per heavy atom. The molecule has 0 bridgehead atoms. The molecule has 2 atom stereocenters. The fourth-order valence-electron chi connectivity index (χ4n) is 9.03. The van der Waals surface area contributed by atoms with Crippen molar-refractivity contribution in [3.63, 3.8) is 0 Å². The minimum atomic E-state index is -2.84. The summed E-state index contributed by atoms with van der Waals surface area (Å²) in [6.45, 7) is 18.7. The Balaban J connectivity index is 0.00000225. The molecule has 48 heavy (non-hydrogen) atoms. The van der Waals surface area contributed by atoms with Gasteiger partial charge in [0, 0.05) is 0 Å². The molecule has 1 heterocycles. The number of allylic oxidation sites excluding steroid dienone is 2.